The van der Waals surface area contributed by atoms with Gasteiger partial charge in [-0.15, -0.1) is 0 Å². The molecule has 2 rings (SSSR count). The molecule has 0 aliphatic heterocycles. The van der Waals surface area contributed by atoms with E-state index in [1.807, 2.05) is 18.2 Å². The molecule has 1 aromatic heterocycles. The Hall–Kier alpha value is 0.369. The fourth-order valence-corrected chi connectivity index (χ4v) is 1.62. The molecular weight excluding hydrogens is 262 g/mol. The third-order valence-electron chi connectivity index (χ3n) is 1.56. The fourth-order valence-electron chi connectivity index (χ4n) is 1.01. The van der Waals surface area contributed by atoms with Gasteiger partial charge in [-0.05, 0) is 0 Å². The van der Waals surface area contributed by atoms with E-state index in [0.29, 0.717) is 5.02 Å². The molecule has 1 heterocycles. The maximum atomic E-state index is 5.82. The summed E-state index contributed by atoms with van der Waals surface area (Å²) >= 11 is 8.68. The fraction of sp³-hybridized carbons (Fsp3) is 0. The van der Waals surface area contributed by atoms with Gasteiger partial charge in [0, 0.05) is 29.6 Å². The van der Waals surface area contributed by atoms with Gasteiger partial charge in [0.1, 0.15) is 0 Å². The molecule has 0 aliphatic rings. The molecule has 2 nitrogen and oxygen atoms in total. The zero-order valence-electron chi connectivity index (χ0n) is 6.99. The van der Waals surface area contributed by atoms with Crippen molar-refractivity contribution >= 4 is 72.7 Å². The molecule has 0 saturated heterocycles. The Labute approximate surface area is 111 Å². The number of halogens is 1. The van der Waals surface area contributed by atoms with E-state index >= 15 is 0 Å². The van der Waals surface area contributed by atoms with E-state index in [4.69, 9.17) is 11.6 Å². The molecule has 0 N–H and O–H groups in total. The number of nitrogens with zero attached hydrogens (tertiary/aromatic N) is 2. The predicted octanol–water partition coefficient (Wildman–Crippen LogP) is 0.696. The van der Waals surface area contributed by atoms with Crippen molar-refractivity contribution in [2.75, 3.05) is 0 Å². The molecule has 13 heavy (non-hydrogen) atoms. The van der Waals surface area contributed by atoms with E-state index < -0.39 is 0 Å². The number of fused-ring (bicyclic) bond motifs is 1. The molecule has 0 amide bonds. The Balaban J connectivity index is 0.000000845. The maximum absolute atomic E-state index is 5.82. The van der Waals surface area contributed by atoms with Gasteiger partial charge in [-0.3, -0.25) is 0 Å². The van der Waals surface area contributed by atoms with E-state index in [1.54, 1.807) is 0 Å². The maximum Gasteiger partial charge on any atom is 0 e. The molecule has 2 radical (unpaired) electrons. The van der Waals surface area contributed by atoms with Gasteiger partial charge in [0.25, 0.3) is 0 Å². The molecule has 0 saturated carbocycles. The van der Waals surface area contributed by atoms with E-state index in [2.05, 4.69) is 26.0 Å². The second-order valence-corrected chi connectivity index (χ2v) is 3.59. The molecule has 5 heteroatoms. The van der Waals surface area contributed by atoms with Gasteiger partial charge in [0.2, 0.25) is 0 Å². The molecule has 0 fully saturated rings. The normalized spacial score (nSPS) is 9.62. The van der Waals surface area contributed by atoms with Crippen LogP contribution in [0.4, 0.5) is 0 Å². The van der Waals surface area contributed by atoms with Crippen molar-refractivity contribution in [3.05, 3.63) is 29.5 Å². The van der Waals surface area contributed by atoms with Gasteiger partial charge in [-0.2, -0.15) is 0 Å². The molecule has 0 unspecified atom stereocenters. The first-order chi connectivity index (χ1) is 5.77. The minimum Gasteiger partial charge on any atom is 0 e. The van der Waals surface area contributed by atoms with Crippen molar-refractivity contribution in [1.82, 2.24) is 9.97 Å². The van der Waals surface area contributed by atoms with Crippen molar-refractivity contribution in [2.24, 2.45) is 0 Å². The van der Waals surface area contributed by atoms with Crippen LogP contribution in [0.2, 0.25) is 5.02 Å². The quantitative estimate of drug-likeness (QED) is 0.655. The smallest absolute Gasteiger partial charge is 0 e. The van der Waals surface area contributed by atoms with Crippen LogP contribution in [0.25, 0.3) is 10.9 Å². The van der Waals surface area contributed by atoms with Crippen molar-refractivity contribution in [3.63, 3.8) is 0 Å². The number of aromatic nitrogens is 2. The number of hydrogen-bond acceptors (Lipinski definition) is 2. The van der Waals surface area contributed by atoms with Crippen LogP contribution in [-0.2, 0) is 0 Å². The summed E-state index contributed by atoms with van der Waals surface area (Å²) in [4.78, 5) is 8.12. The van der Waals surface area contributed by atoms with Crippen molar-refractivity contribution in [3.8, 4) is 0 Å². The van der Waals surface area contributed by atoms with Gasteiger partial charge in [0.15, 0.2) is 0 Å². The number of benzene rings is 1. The van der Waals surface area contributed by atoms with Crippen LogP contribution in [0, 0.1) is 0 Å². The topological polar surface area (TPSA) is 25.8 Å². The Morgan fingerprint density at radius 1 is 1.23 bits per heavy atom. The van der Waals surface area contributed by atoms with Crippen LogP contribution in [0.3, 0.4) is 0 Å². The molecule has 0 bridgehead atoms. The average molecular weight is 266 g/mol. The summed E-state index contributed by atoms with van der Waals surface area (Å²) in [6.45, 7) is 0. The van der Waals surface area contributed by atoms with Crippen molar-refractivity contribution in [2.45, 2.75) is 0 Å². The summed E-state index contributed by atoms with van der Waals surface area (Å²) in [6.07, 6.45) is 1.53. The monoisotopic (exact) mass is 266 g/mol. The summed E-state index contributed by atoms with van der Waals surface area (Å²) in [5, 5.41) is 1.67. The second-order valence-electron chi connectivity index (χ2n) is 2.34. The van der Waals surface area contributed by atoms with E-state index in [9.17, 15) is 0 Å². The van der Waals surface area contributed by atoms with Crippen molar-refractivity contribution < 1.29 is 0 Å². The summed E-state index contributed by atoms with van der Waals surface area (Å²) in [7, 11) is 0. The standard InChI is InChI=1S/C8H4ClN2Se.Na/c9-5-1-2-7-6(3-5)8(12)11-4-10-7;/h1-4H;. The van der Waals surface area contributed by atoms with Gasteiger partial charge in [0.05, 0.1) is 0 Å². The number of rotatable bonds is 0. The second kappa shape index (κ2) is 4.74. The zero-order chi connectivity index (χ0) is 8.55. The largest absolute Gasteiger partial charge is 0 e. The minimum absolute atomic E-state index is 0. The first-order valence-corrected chi connectivity index (χ1v) is 4.58. The van der Waals surface area contributed by atoms with E-state index in [0.717, 1.165) is 15.5 Å². The first kappa shape index (κ1) is 11.4. The molecular formula is C8H4ClN2NaSe. The van der Waals surface area contributed by atoms with Crippen LogP contribution in [0.15, 0.2) is 24.5 Å². The molecule has 0 aliphatic carbocycles. The zero-order valence-corrected chi connectivity index (χ0v) is 11.5. The molecule has 1 aromatic carbocycles. The van der Waals surface area contributed by atoms with Crippen LogP contribution >= 0.6 is 11.6 Å². The first-order valence-electron chi connectivity index (χ1n) is 3.34. The van der Waals surface area contributed by atoms with Gasteiger partial charge in [-0.1, -0.05) is 0 Å². The minimum atomic E-state index is 0. The summed E-state index contributed by atoms with van der Waals surface area (Å²) in [6, 6.07) is 5.54. The predicted molar refractivity (Wildman–Crippen MR) is 55.7 cm³/mol. The van der Waals surface area contributed by atoms with Gasteiger partial charge in [-0.25, -0.2) is 0 Å². The van der Waals surface area contributed by atoms with Crippen molar-refractivity contribution in [1.29, 1.82) is 0 Å². The van der Waals surface area contributed by atoms with Crippen LogP contribution < -0.4 is 4.59 Å². The van der Waals surface area contributed by atoms with E-state index in [1.165, 1.54) is 6.33 Å². The van der Waals surface area contributed by atoms with E-state index in [-0.39, 0.29) is 29.6 Å². The molecule has 60 valence electrons. The summed E-state index contributed by atoms with van der Waals surface area (Å²) < 4.78 is 0.836. The van der Waals surface area contributed by atoms with Crippen LogP contribution in [-0.4, -0.2) is 55.5 Å². The van der Waals surface area contributed by atoms with Gasteiger partial charge < -0.3 is 0 Å². The molecule has 2 aromatic rings. The Morgan fingerprint density at radius 2 is 2.00 bits per heavy atom. The average Bonchev–Trinajstić information content (AvgIpc) is 2.07. The third kappa shape index (κ3) is 2.44. The van der Waals surface area contributed by atoms with Crippen LogP contribution in [0.1, 0.15) is 0 Å². The summed E-state index contributed by atoms with van der Waals surface area (Å²) in [5.74, 6) is 0. The molecule has 0 atom stereocenters. The molecule has 0 spiro atoms. The number of hydrogen-bond donors (Lipinski definition) is 0. The Morgan fingerprint density at radius 3 is 2.77 bits per heavy atom. The Kier molecular flexibility index (Phi) is 4.17. The third-order valence-corrected chi connectivity index (χ3v) is 2.48. The SMILES string of the molecule is Clc1ccc2ncnc([Se])c2c1.[Na]. The summed E-state index contributed by atoms with van der Waals surface area (Å²) in [5.41, 5.74) is 0.906. The Bertz CT molecular complexity index is 435. The van der Waals surface area contributed by atoms with Crippen LogP contribution in [0.5, 0.6) is 0 Å². The van der Waals surface area contributed by atoms with Gasteiger partial charge >= 0.3 is 82.6 Å².